The number of benzene rings is 1. The lowest BCUT2D eigenvalue weighted by molar-refractivity contribution is -0.148. The summed E-state index contributed by atoms with van der Waals surface area (Å²) in [4.78, 5) is 12.1. The van der Waals surface area contributed by atoms with Crippen LogP contribution >= 0.6 is 0 Å². The molecule has 18 heavy (non-hydrogen) atoms. The number of ether oxygens (including phenoxy) is 1. The van der Waals surface area contributed by atoms with Gasteiger partial charge in [0.15, 0.2) is 0 Å². The quantitative estimate of drug-likeness (QED) is 0.811. The van der Waals surface area contributed by atoms with Gasteiger partial charge in [0.05, 0.1) is 13.0 Å². The molecule has 3 heteroatoms. The average Bonchev–Trinajstić information content (AvgIpc) is 2.80. The Morgan fingerprint density at radius 2 is 2.06 bits per heavy atom. The fourth-order valence-corrected chi connectivity index (χ4v) is 3.56. The third-order valence-electron chi connectivity index (χ3n) is 4.38. The molecule has 0 aromatic heterocycles. The second kappa shape index (κ2) is 4.73. The molecule has 1 aromatic rings. The van der Waals surface area contributed by atoms with Crippen LogP contribution in [-0.2, 0) is 9.53 Å². The average molecular weight is 245 g/mol. The molecule has 2 aliphatic rings. The minimum absolute atomic E-state index is 0.0313. The number of methoxy groups -OCH3 is 1. The first-order chi connectivity index (χ1) is 8.79. The second-order valence-corrected chi connectivity index (χ2v) is 5.35. The maximum absolute atomic E-state index is 12.1. The summed E-state index contributed by atoms with van der Waals surface area (Å²) in [5.74, 6) is 0.204. The molecule has 2 bridgehead atoms. The highest BCUT2D eigenvalue weighted by Crippen LogP contribution is 2.42. The Kier molecular flexibility index (Phi) is 3.08. The van der Waals surface area contributed by atoms with E-state index >= 15 is 0 Å². The summed E-state index contributed by atoms with van der Waals surface area (Å²) in [5, 5.41) is 3.55. The lowest BCUT2D eigenvalue weighted by atomic mass is 9.77. The van der Waals surface area contributed by atoms with Crippen molar-refractivity contribution in [1.82, 2.24) is 5.32 Å². The molecule has 0 amide bonds. The van der Waals surface area contributed by atoms with Gasteiger partial charge in [0.2, 0.25) is 0 Å². The van der Waals surface area contributed by atoms with Crippen molar-refractivity contribution in [2.45, 2.75) is 37.3 Å². The molecule has 3 unspecified atom stereocenters. The molecular formula is C15H19NO2. The van der Waals surface area contributed by atoms with Crippen molar-refractivity contribution in [2.24, 2.45) is 5.92 Å². The molecule has 2 aliphatic heterocycles. The molecule has 0 aliphatic carbocycles. The summed E-state index contributed by atoms with van der Waals surface area (Å²) < 4.78 is 5.01. The Morgan fingerprint density at radius 1 is 1.28 bits per heavy atom. The summed E-state index contributed by atoms with van der Waals surface area (Å²) in [6, 6.07) is 11.2. The van der Waals surface area contributed by atoms with E-state index in [2.05, 4.69) is 17.4 Å². The predicted molar refractivity (Wildman–Crippen MR) is 69.3 cm³/mol. The van der Waals surface area contributed by atoms with Crippen LogP contribution in [0.3, 0.4) is 0 Å². The lowest BCUT2D eigenvalue weighted by Crippen LogP contribution is -2.48. The van der Waals surface area contributed by atoms with Crippen LogP contribution in [-0.4, -0.2) is 25.2 Å². The largest absolute Gasteiger partial charge is 0.469 e. The van der Waals surface area contributed by atoms with Crippen molar-refractivity contribution in [1.29, 1.82) is 0 Å². The van der Waals surface area contributed by atoms with Crippen LogP contribution in [0.15, 0.2) is 30.3 Å². The van der Waals surface area contributed by atoms with Crippen LogP contribution < -0.4 is 5.32 Å². The maximum atomic E-state index is 12.1. The summed E-state index contributed by atoms with van der Waals surface area (Å²) >= 11 is 0. The Morgan fingerprint density at radius 3 is 2.78 bits per heavy atom. The molecule has 0 radical (unpaired) electrons. The Balaban J connectivity index is 1.93. The number of nitrogens with one attached hydrogen (secondary N) is 1. The van der Waals surface area contributed by atoms with E-state index in [-0.39, 0.29) is 11.9 Å². The first kappa shape index (κ1) is 11.7. The molecule has 4 atom stereocenters. The third-order valence-corrected chi connectivity index (χ3v) is 4.38. The zero-order valence-electron chi connectivity index (χ0n) is 10.6. The second-order valence-electron chi connectivity index (χ2n) is 5.35. The van der Waals surface area contributed by atoms with Crippen LogP contribution in [0.4, 0.5) is 0 Å². The number of carbonyl (C=O) groups excluding carboxylic acids is 1. The van der Waals surface area contributed by atoms with Gasteiger partial charge in [-0.05, 0) is 24.8 Å². The smallest absolute Gasteiger partial charge is 0.310 e. The third kappa shape index (κ3) is 1.93. The van der Waals surface area contributed by atoms with Gasteiger partial charge >= 0.3 is 5.97 Å². The van der Waals surface area contributed by atoms with E-state index < -0.39 is 0 Å². The summed E-state index contributed by atoms with van der Waals surface area (Å²) in [7, 11) is 1.49. The number of carbonyl (C=O) groups is 1. The zero-order chi connectivity index (χ0) is 12.5. The standard InChI is InChI=1S/C15H19NO2/c1-18-15(17)14-12(10-5-3-2-4-6-10)9-11-7-8-13(14)16-11/h2-6,11-14,16H,7-9H2,1H3/t11?,12?,13?,14-/m0/s1. The van der Waals surface area contributed by atoms with Gasteiger partial charge in [-0.3, -0.25) is 4.79 Å². The Hall–Kier alpha value is -1.35. The topological polar surface area (TPSA) is 38.3 Å². The number of piperidine rings is 1. The van der Waals surface area contributed by atoms with Crippen LogP contribution in [0.5, 0.6) is 0 Å². The van der Waals surface area contributed by atoms with Crippen molar-refractivity contribution in [2.75, 3.05) is 7.11 Å². The van der Waals surface area contributed by atoms with E-state index in [0.29, 0.717) is 18.0 Å². The van der Waals surface area contributed by atoms with Crippen molar-refractivity contribution < 1.29 is 9.53 Å². The van der Waals surface area contributed by atoms with Gasteiger partial charge in [0.1, 0.15) is 0 Å². The van der Waals surface area contributed by atoms with Gasteiger partial charge in [-0.25, -0.2) is 0 Å². The van der Waals surface area contributed by atoms with E-state index in [1.54, 1.807) is 0 Å². The molecule has 0 spiro atoms. The number of esters is 1. The minimum atomic E-state index is -0.0679. The monoisotopic (exact) mass is 245 g/mol. The van der Waals surface area contributed by atoms with E-state index in [1.165, 1.54) is 19.1 Å². The maximum Gasteiger partial charge on any atom is 0.310 e. The summed E-state index contributed by atoms with van der Waals surface area (Å²) in [6.45, 7) is 0. The molecule has 96 valence electrons. The van der Waals surface area contributed by atoms with E-state index in [0.717, 1.165) is 12.8 Å². The highest BCUT2D eigenvalue weighted by molar-refractivity contribution is 5.75. The lowest BCUT2D eigenvalue weighted by Gasteiger charge is -2.36. The van der Waals surface area contributed by atoms with E-state index in [1.807, 2.05) is 18.2 Å². The number of fused-ring (bicyclic) bond motifs is 2. The predicted octanol–water partition coefficient (Wildman–Crippen LogP) is 2.08. The molecule has 1 N–H and O–H groups in total. The highest BCUT2D eigenvalue weighted by Gasteiger charge is 2.46. The van der Waals surface area contributed by atoms with Crippen molar-refractivity contribution in [3.8, 4) is 0 Å². The summed E-state index contributed by atoms with van der Waals surface area (Å²) in [5.41, 5.74) is 1.27. The van der Waals surface area contributed by atoms with Crippen LogP contribution in [0.25, 0.3) is 0 Å². The van der Waals surface area contributed by atoms with Gasteiger partial charge in [0, 0.05) is 18.0 Å². The van der Waals surface area contributed by atoms with Gasteiger partial charge in [0.25, 0.3) is 0 Å². The fourth-order valence-electron chi connectivity index (χ4n) is 3.56. The summed E-state index contributed by atoms with van der Waals surface area (Å²) in [6.07, 6.45) is 3.32. The molecule has 3 nitrogen and oxygen atoms in total. The number of hydrogen-bond donors (Lipinski definition) is 1. The van der Waals surface area contributed by atoms with Crippen LogP contribution in [0, 0.1) is 5.92 Å². The van der Waals surface area contributed by atoms with Crippen LogP contribution in [0.1, 0.15) is 30.7 Å². The SMILES string of the molecule is COC(=O)[C@@H]1C2CCC(CC1c1ccccc1)N2. The normalized spacial score (nSPS) is 34.3. The fraction of sp³-hybridized carbons (Fsp3) is 0.533. The van der Waals surface area contributed by atoms with Crippen molar-refractivity contribution in [3.63, 3.8) is 0 Å². The Bertz CT molecular complexity index is 431. The first-order valence-corrected chi connectivity index (χ1v) is 6.68. The molecule has 3 rings (SSSR count). The van der Waals surface area contributed by atoms with Gasteiger partial charge < -0.3 is 10.1 Å². The van der Waals surface area contributed by atoms with Crippen molar-refractivity contribution in [3.05, 3.63) is 35.9 Å². The van der Waals surface area contributed by atoms with Crippen molar-refractivity contribution >= 4 is 5.97 Å². The Labute approximate surface area is 108 Å². The first-order valence-electron chi connectivity index (χ1n) is 6.68. The number of hydrogen-bond acceptors (Lipinski definition) is 3. The van der Waals surface area contributed by atoms with Crippen LogP contribution in [0.2, 0.25) is 0 Å². The molecule has 2 heterocycles. The zero-order valence-corrected chi connectivity index (χ0v) is 10.6. The molecular weight excluding hydrogens is 226 g/mol. The minimum Gasteiger partial charge on any atom is -0.469 e. The van der Waals surface area contributed by atoms with Gasteiger partial charge in [-0.1, -0.05) is 30.3 Å². The van der Waals surface area contributed by atoms with E-state index in [9.17, 15) is 4.79 Å². The molecule has 2 fully saturated rings. The van der Waals surface area contributed by atoms with Gasteiger partial charge in [-0.15, -0.1) is 0 Å². The molecule has 2 saturated heterocycles. The van der Waals surface area contributed by atoms with E-state index in [4.69, 9.17) is 4.74 Å². The molecule has 0 saturated carbocycles. The van der Waals surface area contributed by atoms with Gasteiger partial charge in [-0.2, -0.15) is 0 Å². The highest BCUT2D eigenvalue weighted by atomic mass is 16.5. The molecule has 1 aromatic carbocycles. The number of rotatable bonds is 2.